The maximum absolute atomic E-state index is 5.54. The van der Waals surface area contributed by atoms with E-state index in [2.05, 4.69) is 27.1 Å². The Hall–Kier alpha value is -2.06. The molecule has 6 nitrogen and oxygen atoms in total. The molecule has 1 fully saturated rings. The third kappa shape index (κ3) is 3.68. The fourth-order valence-corrected chi connectivity index (χ4v) is 4.89. The van der Waals surface area contributed by atoms with Crippen LogP contribution in [0.3, 0.4) is 0 Å². The molecular weight excluding hydrogens is 380 g/mol. The number of thiazole rings is 1. The van der Waals surface area contributed by atoms with Crippen molar-refractivity contribution in [3.63, 3.8) is 0 Å². The smallest absolute Gasteiger partial charge is 0.191 e. The van der Waals surface area contributed by atoms with Crippen molar-refractivity contribution in [2.45, 2.75) is 43.1 Å². The van der Waals surface area contributed by atoms with Crippen molar-refractivity contribution < 1.29 is 9.47 Å². The molecule has 1 aliphatic rings. The topological polar surface area (TPSA) is 62.1 Å². The Morgan fingerprint density at radius 3 is 2.78 bits per heavy atom. The van der Waals surface area contributed by atoms with Crippen molar-refractivity contribution in [1.29, 1.82) is 0 Å². The van der Waals surface area contributed by atoms with Gasteiger partial charge >= 0.3 is 0 Å². The van der Waals surface area contributed by atoms with E-state index in [4.69, 9.17) is 14.5 Å². The first-order valence-electron chi connectivity index (χ1n) is 8.96. The minimum atomic E-state index is 0.609. The average Bonchev–Trinajstić information content (AvgIpc) is 3.29. The van der Waals surface area contributed by atoms with Gasteiger partial charge in [-0.15, -0.1) is 21.5 Å². The van der Waals surface area contributed by atoms with Crippen LogP contribution >= 0.6 is 23.1 Å². The van der Waals surface area contributed by atoms with Crippen LogP contribution < -0.4 is 9.47 Å². The quantitative estimate of drug-likeness (QED) is 0.513. The number of benzene rings is 1. The van der Waals surface area contributed by atoms with Crippen LogP contribution in [0.5, 0.6) is 11.5 Å². The molecule has 4 rings (SSSR count). The molecule has 2 aromatic heterocycles. The van der Waals surface area contributed by atoms with Gasteiger partial charge in [0.1, 0.15) is 10.8 Å². The van der Waals surface area contributed by atoms with E-state index in [1.165, 1.54) is 12.8 Å². The zero-order valence-corrected chi connectivity index (χ0v) is 17.3. The predicted octanol–water partition coefficient (Wildman–Crippen LogP) is 4.61. The van der Waals surface area contributed by atoms with E-state index >= 15 is 0 Å². The van der Waals surface area contributed by atoms with Gasteiger partial charge in [0, 0.05) is 23.6 Å². The van der Waals surface area contributed by atoms with E-state index in [1.54, 1.807) is 37.3 Å². The standard InChI is InChI=1S/C19H22N4O2S2/c1-4-23-17(12-8-9-12)21-22-19(23)27-11-13-10-26-18(20-13)14-6-5-7-15(24-2)16(14)25-3/h5-7,10,12H,4,8-9,11H2,1-3H3. The van der Waals surface area contributed by atoms with Crippen LogP contribution in [-0.4, -0.2) is 34.0 Å². The zero-order chi connectivity index (χ0) is 18.8. The third-order valence-electron chi connectivity index (χ3n) is 4.54. The minimum Gasteiger partial charge on any atom is -0.493 e. The highest BCUT2D eigenvalue weighted by Crippen LogP contribution is 2.41. The lowest BCUT2D eigenvalue weighted by Crippen LogP contribution is -2.02. The number of hydrogen-bond donors (Lipinski definition) is 0. The number of thioether (sulfide) groups is 1. The van der Waals surface area contributed by atoms with Crippen molar-refractivity contribution in [3.8, 4) is 22.1 Å². The van der Waals surface area contributed by atoms with Crippen LogP contribution in [0.15, 0.2) is 28.7 Å². The Labute approximate surface area is 166 Å². The summed E-state index contributed by atoms with van der Waals surface area (Å²) in [5, 5.41) is 12.8. The summed E-state index contributed by atoms with van der Waals surface area (Å²) < 4.78 is 13.2. The maximum Gasteiger partial charge on any atom is 0.191 e. The fraction of sp³-hybridized carbons (Fsp3) is 0.421. The molecule has 27 heavy (non-hydrogen) atoms. The average molecular weight is 403 g/mol. The van der Waals surface area contributed by atoms with E-state index in [9.17, 15) is 0 Å². The predicted molar refractivity (Wildman–Crippen MR) is 108 cm³/mol. The first-order valence-corrected chi connectivity index (χ1v) is 10.8. The molecular formula is C19H22N4O2S2. The normalized spacial score (nSPS) is 13.7. The summed E-state index contributed by atoms with van der Waals surface area (Å²) in [6, 6.07) is 5.85. The van der Waals surface area contributed by atoms with Gasteiger partial charge in [0.15, 0.2) is 16.7 Å². The van der Waals surface area contributed by atoms with Gasteiger partial charge in [0.25, 0.3) is 0 Å². The number of hydrogen-bond acceptors (Lipinski definition) is 7. The summed E-state index contributed by atoms with van der Waals surface area (Å²) in [6.07, 6.45) is 2.47. The second-order valence-electron chi connectivity index (χ2n) is 6.33. The molecule has 1 aromatic carbocycles. The lowest BCUT2D eigenvalue weighted by molar-refractivity contribution is 0.356. The maximum atomic E-state index is 5.54. The van der Waals surface area contributed by atoms with Crippen molar-refractivity contribution in [2.75, 3.05) is 14.2 Å². The van der Waals surface area contributed by atoms with Crippen LogP contribution in [-0.2, 0) is 12.3 Å². The third-order valence-corrected chi connectivity index (χ3v) is 6.46. The van der Waals surface area contributed by atoms with Crippen LogP contribution in [0, 0.1) is 0 Å². The van der Waals surface area contributed by atoms with Crippen LogP contribution in [0.1, 0.15) is 37.2 Å². The molecule has 0 aliphatic heterocycles. The number of para-hydroxylation sites is 1. The van der Waals surface area contributed by atoms with E-state index in [-0.39, 0.29) is 0 Å². The molecule has 1 aliphatic carbocycles. The molecule has 0 N–H and O–H groups in total. The monoisotopic (exact) mass is 402 g/mol. The molecule has 0 atom stereocenters. The van der Waals surface area contributed by atoms with Gasteiger partial charge < -0.3 is 14.0 Å². The number of ether oxygens (including phenoxy) is 2. The summed E-state index contributed by atoms with van der Waals surface area (Å²) in [4.78, 5) is 4.79. The van der Waals surface area contributed by atoms with E-state index in [1.807, 2.05) is 18.2 Å². The number of methoxy groups -OCH3 is 2. The van der Waals surface area contributed by atoms with Crippen molar-refractivity contribution in [2.24, 2.45) is 0 Å². The van der Waals surface area contributed by atoms with Crippen LogP contribution in [0.25, 0.3) is 10.6 Å². The molecule has 0 saturated heterocycles. The van der Waals surface area contributed by atoms with Crippen LogP contribution in [0.2, 0.25) is 0 Å². The summed E-state index contributed by atoms with van der Waals surface area (Å²) in [7, 11) is 3.30. The van der Waals surface area contributed by atoms with Crippen molar-refractivity contribution in [3.05, 3.63) is 35.1 Å². The highest BCUT2D eigenvalue weighted by molar-refractivity contribution is 7.98. The molecule has 3 aromatic rings. The van der Waals surface area contributed by atoms with Gasteiger partial charge in [-0.05, 0) is 31.9 Å². The summed E-state index contributed by atoms with van der Waals surface area (Å²) in [6.45, 7) is 3.06. The molecule has 0 unspecified atom stereocenters. The Kier molecular flexibility index (Phi) is 5.36. The van der Waals surface area contributed by atoms with Gasteiger partial charge in [-0.1, -0.05) is 17.8 Å². The summed E-state index contributed by atoms with van der Waals surface area (Å²) >= 11 is 3.31. The Morgan fingerprint density at radius 1 is 1.22 bits per heavy atom. The highest BCUT2D eigenvalue weighted by atomic mass is 32.2. The molecule has 1 saturated carbocycles. The molecule has 0 bridgehead atoms. The molecule has 2 heterocycles. The zero-order valence-electron chi connectivity index (χ0n) is 15.6. The summed E-state index contributed by atoms with van der Waals surface area (Å²) in [5.41, 5.74) is 1.98. The van der Waals surface area contributed by atoms with Crippen molar-refractivity contribution in [1.82, 2.24) is 19.7 Å². The van der Waals surface area contributed by atoms with Gasteiger partial charge in [0.2, 0.25) is 0 Å². The first kappa shape index (κ1) is 18.3. The van der Waals surface area contributed by atoms with Gasteiger partial charge in [-0.3, -0.25) is 0 Å². The number of nitrogens with zero attached hydrogens (tertiary/aromatic N) is 4. The van der Waals surface area contributed by atoms with Crippen LogP contribution in [0.4, 0.5) is 0 Å². The highest BCUT2D eigenvalue weighted by Gasteiger charge is 2.30. The van der Waals surface area contributed by atoms with E-state index in [0.29, 0.717) is 17.4 Å². The Balaban J connectivity index is 1.51. The van der Waals surface area contributed by atoms with Gasteiger partial charge in [-0.25, -0.2) is 4.98 Å². The first-order chi connectivity index (χ1) is 13.2. The van der Waals surface area contributed by atoms with Gasteiger partial charge in [0.05, 0.1) is 25.5 Å². The van der Waals surface area contributed by atoms with E-state index < -0.39 is 0 Å². The van der Waals surface area contributed by atoms with Gasteiger partial charge in [-0.2, -0.15) is 0 Å². The Bertz CT molecular complexity index is 934. The molecule has 0 radical (unpaired) electrons. The fourth-order valence-electron chi connectivity index (χ4n) is 3.04. The molecule has 0 spiro atoms. The second kappa shape index (κ2) is 7.90. The minimum absolute atomic E-state index is 0.609. The number of rotatable bonds is 8. The summed E-state index contributed by atoms with van der Waals surface area (Å²) in [5.74, 6) is 3.95. The lowest BCUT2D eigenvalue weighted by atomic mass is 10.2. The van der Waals surface area contributed by atoms with E-state index in [0.717, 1.165) is 39.5 Å². The van der Waals surface area contributed by atoms with Crippen molar-refractivity contribution >= 4 is 23.1 Å². The molecule has 0 amide bonds. The molecule has 8 heteroatoms. The second-order valence-corrected chi connectivity index (χ2v) is 8.13. The Morgan fingerprint density at radius 2 is 2.07 bits per heavy atom. The SMILES string of the molecule is CCn1c(SCc2csc(-c3cccc(OC)c3OC)n2)nnc1C1CC1. The largest absolute Gasteiger partial charge is 0.493 e. The molecule has 142 valence electrons. The lowest BCUT2D eigenvalue weighted by Gasteiger charge is -2.10. The number of aromatic nitrogens is 4.